The van der Waals surface area contributed by atoms with Crippen molar-refractivity contribution in [2.24, 2.45) is 11.8 Å². The Hall–Kier alpha value is -2.71. The summed E-state index contributed by atoms with van der Waals surface area (Å²) in [4.78, 5) is 43.0. The summed E-state index contributed by atoms with van der Waals surface area (Å²) in [5, 5.41) is 18.9. The van der Waals surface area contributed by atoms with Gasteiger partial charge in [-0.15, -0.1) is 6.58 Å². The minimum absolute atomic E-state index is 0.125. The number of amides is 2. The van der Waals surface area contributed by atoms with Crippen LogP contribution in [0.3, 0.4) is 0 Å². The van der Waals surface area contributed by atoms with Crippen molar-refractivity contribution in [2.45, 2.75) is 62.8 Å². The second kappa shape index (κ2) is 10.3. The average molecular weight is 471 g/mol. The van der Waals surface area contributed by atoms with Crippen LogP contribution in [-0.2, 0) is 25.7 Å². The third-order valence-electron chi connectivity index (χ3n) is 7.50. The van der Waals surface area contributed by atoms with E-state index in [2.05, 4.69) is 6.58 Å². The third kappa shape index (κ3) is 4.25. The first kappa shape index (κ1) is 24.4. The van der Waals surface area contributed by atoms with Crippen molar-refractivity contribution >= 4 is 17.8 Å². The van der Waals surface area contributed by atoms with Gasteiger partial charge in [-0.2, -0.15) is 0 Å². The van der Waals surface area contributed by atoms with E-state index < -0.39 is 35.6 Å². The molecule has 3 aliphatic heterocycles. The van der Waals surface area contributed by atoms with Gasteiger partial charge >= 0.3 is 5.97 Å². The fourth-order valence-corrected chi connectivity index (χ4v) is 6.07. The third-order valence-corrected chi connectivity index (χ3v) is 7.50. The van der Waals surface area contributed by atoms with Crippen LogP contribution in [0.5, 0.6) is 0 Å². The molecule has 5 atom stereocenters. The molecule has 3 fully saturated rings. The number of carbonyl (C=O) groups excluding carboxylic acids is 2. The summed E-state index contributed by atoms with van der Waals surface area (Å²) in [6.45, 7) is 4.98. The molecule has 0 aromatic heterocycles. The van der Waals surface area contributed by atoms with Crippen LogP contribution < -0.4 is 0 Å². The first-order valence-corrected chi connectivity index (χ1v) is 12.2. The van der Waals surface area contributed by atoms with Crippen molar-refractivity contribution in [2.75, 3.05) is 19.7 Å². The number of aliphatic hydroxyl groups is 1. The molecule has 8 heteroatoms. The number of ether oxygens (including phenoxy) is 1. The average Bonchev–Trinajstić information content (AvgIpc) is 3.46. The molecule has 1 spiro atoms. The number of aliphatic carboxylic acids is 1. The quantitative estimate of drug-likeness (QED) is 0.358. The van der Waals surface area contributed by atoms with Crippen molar-refractivity contribution in [3.63, 3.8) is 0 Å². The van der Waals surface area contributed by atoms with E-state index in [0.717, 1.165) is 18.4 Å². The highest BCUT2D eigenvalue weighted by Gasteiger charge is 2.74. The largest absolute Gasteiger partial charge is 0.481 e. The SMILES string of the molecule is C=CCN(Cc1ccccc1)C(=O)[C@H]1N(CCCCCCO)C(=O)[C@@H]2[C@@H](C(=O)O)[C@H]3CC[C@]21O3. The van der Waals surface area contributed by atoms with Crippen molar-refractivity contribution in [1.82, 2.24) is 9.80 Å². The van der Waals surface area contributed by atoms with Gasteiger partial charge in [0.15, 0.2) is 0 Å². The number of nitrogens with zero attached hydrogens (tertiary/aromatic N) is 2. The van der Waals surface area contributed by atoms with Gasteiger partial charge in [-0.05, 0) is 31.2 Å². The molecule has 8 nitrogen and oxygen atoms in total. The molecule has 2 amide bonds. The summed E-state index contributed by atoms with van der Waals surface area (Å²) >= 11 is 0. The molecule has 4 rings (SSSR count). The van der Waals surface area contributed by atoms with Gasteiger partial charge in [0.25, 0.3) is 0 Å². The van der Waals surface area contributed by atoms with Gasteiger partial charge in [-0.25, -0.2) is 0 Å². The van der Waals surface area contributed by atoms with E-state index in [0.29, 0.717) is 45.3 Å². The molecular weight excluding hydrogens is 436 g/mol. The highest BCUT2D eigenvalue weighted by Crippen LogP contribution is 2.58. The van der Waals surface area contributed by atoms with Crippen LogP contribution in [0.25, 0.3) is 0 Å². The highest BCUT2D eigenvalue weighted by atomic mass is 16.5. The van der Waals surface area contributed by atoms with Crippen molar-refractivity contribution < 1.29 is 29.3 Å². The van der Waals surface area contributed by atoms with Crippen LogP contribution in [0.15, 0.2) is 43.0 Å². The van der Waals surface area contributed by atoms with Gasteiger partial charge in [0.1, 0.15) is 11.6 Å². The number of aliphatic hydroxyl groups excluding tert-OH is 1. The number of hydrogen-bond acceptors (Lipinski definition) is 5. The van der Waals surface area contributed by atoms with Gasteiger partial charge in [0, 0.05) is 26.2 Å². The topological polar surface area (TPSA) is 107 Å². The zero-order valence-electron chi connectivity index (χ0n) is 19.5. The molecule has 1 aromatic rings. The monoisotopic (exact) mass is 470 g/mol. The summed E-state index contributed by atoms with van der Waals surface area (Å²) in [7, 11) is 0. The van der Waals surface area contributed by atoms with Gasteiger partial charge in [0.2, 0.25) is 11.8 Å². The molecule has 34 heavy (non-hydrogen) atoms. The molecule has 0 saturated carbocycles. The smallest absolute Gasteiger partial charge is 0.310 e. The van der Waals surface area contributed by atoms with Crippen LogP contribution in [0.4, 0.5) is 0 Å². The Bertz CT molecular complexity index is 921. The summed E-state index contributed by atoms with van der Waals surface area (Å²) in [5.41, 5.74) is -0.130. The van der Waals surface area contributed by atoms with Gasteiger partial charge in [0.05, 0.1) is 17.9 Å². The van der Waals surface area contributed by atoms with Crippen LogP contribution in [0, 0.1) is 11.8 Å². The number of benzene rings is 1. The highest BCUT2D eigenvalue weighted by molar-refractivity contribution is 5.98. The number of carboxylic acid groups (broad SMARTS) is 1. The Kier molecular flexibility index (Phi) is 7.38. The Morgan fingerprint density at radius 2 is 1.94 bits per heavy atom. The molecule has 3 heterocycles. The molecule has 2 bridgehead atoms. The van der Waals surface area contributed by atoms with E-state index in [1.165, 1.54) is 0 Å². The Morgan fingerprint density at radius 3 is 2.62 bits per heavy atom. The van der Waals surface area contributed by atoms with E-state index in [4.69, 9.17) is 9.84 Å². The Morgan fingerprint density at radius 1 is 1.21 bits per heavy atom. The summed E-state index contributed by atoms with van der Waals surface area (Å²) < 4.78 is 6.27. The first-order valence-electron chi connectivity index (χ1n) is 12.2. The second-order valence-corrected chi connectivity index (χ2v) is 9.56. The molecule has 0 aliphatic carbocycles. The minimum Gasteiger partial charge on any atom is -0.481 e. The number of unbranched alkanes of at least 4 members (excludes halogenated alkanes) is 3. The zero-order valence-corrected chi connectivity index (χ0v) is 19.5. The fraction of sp³-hybridized carbons (Fsp3) is 0.577. The Balaban J connectivity index is 1.64. The lowest BCUT2D eigenvalue weighted by Gasteiger charge is -2.36. The maximum absolute atomic E-state index is 14.1. The second-order valence-electron chi connectivity index (χ2n) is 9.56. The molecule has 2 N–H and O–H groups in total. The lowest BCUT2D eigenvalue weighted by Crippen LogP contribution is -2.56. The Labute approximate surface area is 200 Å². The standard InChI is InChI=1S/C26H34N2O6/c1-2-14-27(17-18-10-6-5-7-11-18)24(31)22-26-13-12-19(34-26)20(25(32)33)21(26)23(30)28(22)15-8-3-4-9-16-29/h2,5-7,10-11,19-22,29H,1,3-4,8-9,12-17H2,(H,32,33)/t19-,20+,21+,22-,26+/m1/s1. The van der Waals surface area contributed by atoms with Gasteiger partial charge in [-0.1, -0.05) is 49.2 Å². The van der Waals surface area contributed by atoms with Crippen molar-refractivity contribution in [3.8, 4) is 0 Å². The number of likely N-dealkylation sites (tertiary alicyclic amines) is 1. The summed E-state index contributed by atoms with van der Waals surface area (Å²) in [6.07, 6.45) is 5.19. The first-order chi connectivity index (χ1) is 16.4. The lowest BCUT2D eigenvalue weighted by atomic mass is 9.70. The minimum atomic E-state index is -1.09. The summed E-state index contributed by atoms with van der Waals surface area (Å²) in [6, 6.07) is 8.79. The number of carbonyl (C=O) groups is 3. The maximum Gasteiger partial charge on any atom is 0.310 e. The normalized spacial score (nSPS) is 29.3. The molecule has 1 aromatic carbocycles. The van der Waals surface area contributed by atoms with Crippen molar-refractivity contribution in [3.05, 3.63) is 48.6 Å². The number of rotatable bonds is 12. The van der Waals surface area contributed by atoms with Gasteiger partial charge < -0.3 is 24.7 Å². The van der Waals surface area contributed by atoms with Gasteiger partial charge in [-0.3, -0.25) is 14.4 Å². The van der Waals surface area contributed by atoms with Crippen LogP contribution in [0.1, 0.15) is 44.1 Å². The zero-order chi connectivity index (χ0) is 24.3. The molecule has 3 aliphatic rings. The van der Waals surface area contributed by atoms with E-state index in [9.17, 15) is 19.5 Å². The number of hydrogen-bond donors (Lipinski definition) is 2. The fourth-order valence-electron chi connectivity index (χ4n) is 6.07. The number of fused-ring (bicyclic) bond motifs is 1. The van der Waals surface area contributed by atoms with Crippen LogP contribution in [0.2, 0.25) is 0 Å². The predicted molar refractivity (Wildman–Crippen MR) is 125 cm³/mol. The van der Waals surface area contributed by atoms with E-state index >= 15 is 0 Å². The molecule has 184 valence electrons. The lowest BCUT2D eigenvalue weighted by molar-refractivity contribution is -0.151. The number of carboxylic acids is 1. The van der Waals surface area contributed by atoms with Crippen LogP contribution in [-0.4, -0.2) is 75.2 Å². The van der Waals surface area contributed by atoms with Crippen molar-refractivity contribution in [1.29, 1.82) is 0 Å². The predicted octanol–water partition coefficient (Wildman–Crippen LogP) is 2.21. The molecule has 0 unspecified atom stereocenters. The van der Waals surface area contributed by atoms with E-state index in [1.807, 2.05) is 30.3 Å². The summed E-state index contributed by atoms with van der Waals surface area (Å²) in [5.74, 6) is -3.29. The maximum atomic E-state index is 14.1. The van der Waals surface area contributed by atoms with E-state index in [1.54, 1.807) is 15.9 Å². The molecule has 0 radical (unpaired) electrons. The molecule has 3 saturated heterocycles. The van der Waals surface area contributed by atoms with Crippen LogP contribution >= 0.6 is 0 Å². The molecular formula is C26H34N2O6. The van der Waals surface area contributed by atoms with E-state index in [-0.39, 0.29) is 18.4 Å².